The van der Waals surface area contributed by atoms with Crippen LogP contribution < -0.4 is 31.2 Å². The number of benzene rings is 3. The highest BCUT2D eigenvalue weighted by Gasteiger charge is 2.38. The molecule has 1 heterocycles. The van der Waals surface area contributed by atoms with Crippen molar-refractivity contribution in [2.45, 2.75) is 45.6 Å². The number of nitrogens with one attached hydrogen (secondary N) is 3. The molecule has 4 rings (SSSR count). The lowest BCUT2D eigenvalue weighted by Crippen LogP contribution is -2.33. The van der Waals surface area contributed by atoms with Crippen LogP contribution in [0.4, 0.5) is 35.2 Å². The number of hydrogen-bond acceptors (Lipinski definition) is 9. The standard InChI is InChI=1S/C31H35N5O5.C2HF3O2/c1-5-40-27-17-22(9-12-26(27)41-19(2)3)28(35-24-10-11-25-21(16-24)13-14-33-29(25)32)30(37)34-18-20-7-6-8-23(15-20)36-31(38)39-4;3-2(4,5)1(6)7/h6-17,19,28,35H,5,18H2,1-4H3,(H2,32,33)(H,34,37)(H,36,38);(H,6,7). The van der Waals surface area contributed by atoms with Crippen LogP contribution in [0.25, 0.3) is 10.8 Å². The molecule has 48 heavy (non-hydrogen) atoms. The van der Waals surface area contributed by atoms with E-state index in [1.807, 2.05) is 69.3 Å². The number of pyridine rings is 1. The maximum atomic E-state index is 13.7. The van der Waals surface area contributed by atoms with E-state index in [1.165, 1.54) is 7.11 Å². The van der Waals surface area contributed by atoms with E-state index < -0.39 is 24.3 Å². The Hall–Kier alpha value is -5.73. The van der Waals surface area contributed by atoms with E-state index in [0.29, 0.717) is 35.2 Å². The van der Waals surface area contributed by atoms with E-state index in [-0.39, 0.29) is 18.6 Å². The number of hydrogen-bond donors (Lipinski definition) is 5. The number of ether oxygens (including phenoxy) is 3. The summed E-state index contributed by atoms with van der Waals surface area (Å²) in [6.07, 6.45) is -4.05. The summed E-state index contributed by atoms with van der Waals surface area (Å²) < 4.78 is 48.2. The van der Waals surface area contributed by atoms with Crippen LogP contribution in [-0.2, 0) is 20.9 Å². The number of carboxylic acid groups (broad SMARTS) is 1. The van der Waals surface area contributed by atoms with E-state index >= 15 is 0 Å². The zero-order chi connectivity index (χ0) is 35.4. The minimum Gasteiger partial charge on any atom is -0.490 e. The summed E-state index contributed by atoms with van der Waals surface area (Å²) in [4.78, 5) is 38.4. The summed E-state index contributed by atoms with van der Waals surface area (Å²) in [5.41, 5.74) is 8.81. The van der Waals surface area contributed by atoms with Gasteiger partial charge in [0.1, 0.15) is 11.9 Å². The highest BCUT2D eigenvalue weighted by atomic mass is 19.4. The fraction of sp³-hybridized carbons (Fsp3) is 0.273. The van der Waals surface area contributed by atoms with Crippen LogP contribution in [0, 0.1) is 0 Å². The number of aliphatic carboxylic acids is 1. The molecule has 256 valence electrons. The van der Waals surface area contributed by atoms with Crippen LogP contribution in [-0.4, -0.2) is 54.1 Å². The topological polar surface area (TPSA) is 174 Å². The molecule has 0 radical (unpaired) electrons. The van der Waals surface area contributed by atoms with Crippen LogP contribution in [0.5, 0.6) is 11.5 Å². The van der Waals surface area contributed by atoms with Crippen molar-refractivity contribution in [2.24, 2.45) is 0 Å². The van der Waals surface area contributed by atoms with Crippen LogP contribution >= 0.6 is 0 Å². The summed E-state index contributed by atoms with van der Waals surface area (Å²) >= 11 is 0. The van der Waals surface area contributed by atoms with Crippen molar-refractivity contribution in [3.8, 4) is 11.5 Å². The highest BCUT2D eigenvalue weighted by Crippen LogP contribution is 2.33. The average molecular weight is 672 g/mol. The molecule has 12 nitrogen and oxygen atoms in total. The van der Waals surface area contributed by atoms with Gasteiger partial charge in [-0.15, -0.1) is 0 Å². The molecule has 3 aromatic carbocycles. The van der Waals surface area contributed by atoms with Gasteiger partial charge in [0.15, 0.2) is 11.5 Å². The van der Waals surface area contributed by atoms with Crippen molar-refractivity contribution in [3.05, 3.63) is 84.1 Å². The lowest BCUT2D eigenvalue weighted by Gasteiger charge is -2.22. The number of aromatic nitrogens is 1. The quantitative estimate of drug-likeness (QED) is 0.122. The Bertz CT molecular complexity index is 1730. The largest absolute Gasteiger partial charge is 0.490 e. The van der Waals surface area contributed by atoms with Crippen molar-refractivity contribution >= 4 is 45.9 Å². The molecule has 15 heteroatoms. The van der Waals surface area contributed by atoms with Crippen LogP contribution in [0.1, 0.15) is 37.9 Å². The molecule has 2 amide bonds. The number of nitrogens with two attached hydrogens (primary N) is 1. The van der Waals surface area contributed by atoms with Crippen molar-refractivity contribution in [1.29, 1.82) is 0 Å². The minimum atomic E-state index is -5.08. The van der Waals surface area contributed by atoms with Crippen LogP contribution in [0.2, 0.25) is 0 Å². The third kappa shape index (κ3) is 10.7. The van der Waals surface area contributed by atoms with E-state index in [9.17, 15) is 22.8 Å². The molecule has 0 aliphatic carbocycles. The second-order valence-electron chi connectivity index (χ2n) is 10.4. The normalized spacial score (nSPS) is 11.5. The molecule has 0 spiro atoms. The fourth-order valence-corrected chi connectivity index (χ4v) is 4.30. The molecule has 4 aromatic rings. The number of carbonyl (C=O) groups is 3. The van der Waals surface area contributed by atoms with Gasteiger partial charge in [-0.3, -0.25) is 10.1 Å². The van der Waals surface area contributed by atoms with Gasteiger partial charge in [-0.2, -0.15) is 13.2 Å². The summed E-state index contributed by atoms with van der Waals surface area (Å²) in [6.45, 7) is 6.46. The van der Waals surface area contributed by atoms with Gasteiger partial charge in [-0.1, -0.05) is 18.2 Å². The van der Waals surface area contributed by atoms with Gasteiger partial charge in [0.05, 0.1) is 19.8 Å². The van der Waals surface area contributed by atoms with Crippen molar-refractivity contribution in [1.82, 2.24) is 10.3 Å². The molecule has 0 aliphatic rings. The van der Waals surface area contributed by atoms with E-state index in [2.05, 4.69) is 25.7 Å². The second-order valence-corrected chi connectivity index (χ2v) is 10.4. The lowest BCUT2D eigenvalue weighted by molar-refractivity contribution is -0.192. The Labute approximate surface area is 274 Å². The number of nitrogens with zero attached hydrogens (tertiary/aromatic N) is 1. The maximum absolute atomic E-state index is 13.7. The number of carboxylic acids is 1. The number of carbonyl (C=O) groups excluding carboxylic acids is 2. The Kier molecular flexibility index (Phi) is 12.8. The van der Waals surface area contributed by atoms with Gasteiger partial charge in [0, 0.05) is 29.5 Å². The summed E-state index contributed by atoms with van der Waals surface area (Å²) in [5, 5.41) is 17.9. The zero-order valence-electron chi connectivity index (χ0n) is 26.6. The molecule has 0 aliphatic heterocycles. The Morgan fingerprint density at radius 2 is 1.71 bits per heavy atom. The molecule has 1 atom stereocenters. The molecule has 6 N–H and O–H groups in total. The van der Waals surface area contributed by atoms with Gasteiger partial charge in [-0.25, -0.2) is 14.6 Å². The number of amides is 2. The Morgan fingerprint density at radius 3 is 2.35 bits per heavy atom. The minimum absolute atomic E-state index is 0.0405. The molecule has 0 saturated carbocycles. The van der Waals surface area contributed by atoms with Gasteiger partial charge in [-0.05, 0) is 85.8 Å². The van der Waals surface area contributed by atoms with Gasteiger partial charge < -0.3 is 35.7 Å². The SMILES string of the molecule is CCOc1cc(C(Nc2ccc3c(N)nccc3c2)C(=O)NCc2cccc(NC(=O)OC)c2)ccc1OC(C)C.O=C(O)C(F)(F)F. The zero-order valence-corrected chi connectivity index (χ0v) is 26.6. The first-order valence-corrected chi connectivity index (χ1v) is 14.6. The van der Waals surface area contributed by atoms with E-state index in [1.54, 1.807) is 24.4 Å². The monoisotopic (exact) mass is 671 g/mol. The molecular weight excluding hydrogens is 635 g/mol. The first kappa shape index (κ1) is 36.7. The predicted molar refractivity (Wildman–Crippen MR) is 174 cm³/mol. The number of methoxy groups -OCH3 is 1. The molecular formula is C33H36F3N5O7. The number of rotatable bonds is 11. The Morgan fingerprint density at radius 1 is 0.979 bits per heavy atom. The van der Waals surface area contributed by atoms with Crippen LogP contribution in [0.3, 0.4) is 0 Å². The fourth-order valence-electron chi connectivity index (χ4n) is 4.30. The maximum Gasteiger partial charge on any atom is 0.490 e. The van der Waals surface area contributed by atoms with Crippen molar-refractivity contribution in [2.75, 3.05) is 30.1 Å². The first-order chi connectivity index (χ1) is 22.7. The van der Waals surface area contributed by atoms with Gasteiger partial charge in [0.2, 0.25) is 5.91 Å². The molecule has 1 aromatic heterocycles. The predicted octanol–water partition coefficient (Wildman–Crippen LogP) is 6.28. The van der Waals surface area contributed by atoms with E-state index in [4.69, 9.17) is 25.1 Å². The van der Waals surface area contributed by atoms with E-state index in [0.717, 1.165) is 22.0 Å². The Balaban J connectivity index is 0.000000804. The highest BCUT2D eigenvalue weighted by molar-refractivity contribution is 5.94. The summed E-state index contributed by atoms with van der Waals surface area (Å²) in [6, 6.07) is 19.4. The van der Waals surface area contributed by atoms with Gasteiger partial charge in [0.25, 0.3) is 0 Å². The van der Waals surface area contributed by atoms with Gasteiger partial charge >= 0.3 is 18.2 Å². The van der Waals surface area contributed by atoms with Crippen molar-refractivity contribution in [3.63, 3.8) is 0 Å². The number of nitrogen functional groups attached to an aromatic ring is 1. The first-order valence-electron chi connectivity index (χ1n) is 14.6. The molecule has 0 bridgehead atoms. The number of alkyl halides is 3. The molecule has 1 unspecified atom stereocenters. The number of fused-ring (bicyclic) bond motifs is 1. The molecule has 0 fully saturated rings. The number of halogens is 3. The summed E-state index contributed by atoms with van der Waals surface area (Å²) in [5.74, 6) is -1.42. The smallest absolute Gasteiger partial charge is 0.490 e. The van der Waals surface area contributed by atoms with Crippen molar-refractivity contribution < 1.29 is 46.9 Å². The second kappa shape index (κ2) is 16.7. The van der Waals surface area contributed by atoms with Crippen LogP contribution in [0.15, 0.2) is 72.9 Å². The third-order valence-corrected chi connectivity index (χ3v) is 6.40. The molecule has 0 saturated heterocycles. The summed E-state index contributed by atoms with van der Waals surface area (Å²) in [7, 11) is 1.30. The average Bonchev–Trinajstić information content (AvgIpc) is 3.03. The lowest BCUT2D eigenvalue weighted by atomic mass is 10.0. The third-order valence-electron chi connectivity index (χ3n) is 6.40. The number of anilines is 3.